The third-order valence-electron chi connectivity index (χ3n) is 7.12. The third kappa shape index (κ3) is 4.42. The maximum atomic E-state index is 13.5. The van der Waals surface area contributed by atoms with E-state index in [0.717, 1.165) is 27.8 Å². The van der Waals surface area contributed by atoms with Gasteiger partial charge in [-0.25, -0.2) is 0 Å². The normalized spacial score (nSPS) is 14.2. The Kier molecular flexibility index (Phi) is 6.87. The summed E-state index contributed by atoms with van der Waals surface area (Å²) < 4.78 is 23.4. The van der Waals surface area contributed by atoms with E-state index < -0.39 is 0 Å². The van der Waals surface area contributed by atoms with Crippen molar-refractivity contribution in [1.29, 1.82) is 0 Å². The first-order chi connectivity index (χ1) is 18.1. The summed E-state index contributed by atoms with van der Waals surface area (Å²) in [6.07, 6.45) is -0.297. The van der Waals surface area contributed by atoms with Crippen molar-refractivity contribution in [2.75, 3.05) is 21.3 Å². The van der Waals surface area contributed by atoms with Gasteiger partial charge in [0.15, 0.2) is 28.8 Å². The van der Waals surface area contributed by atoms with Crippen LogP contribution < -0.4 is 18.9 Å². The van der Waals surface area contributed by atoms with Crippen LogP contribution >= 0.6 is 0 Å². The van der Waals surface area contributed by atoms with Crippen molar-refractivity contribution in [1.82, 2.24) is 0 Å². The molecule has 0 saturated heterocycles. The first-order valence-electron chi connectivity index (χ1n) is 12.3. The molecule has 0 unspecified atom stereocenters. The van der Waals surface area contributed by atoms with E-state index in [0.29, 0.717) is 23.0 Å². The fourth-order valence-corrected chi connectivity index (χ4v) is 5.43. The van der Waals surface area contributed by atoms with Gasteiger partial charge in [-0.15, -0.1) is 0 Å². The Morgan fingerprint density at radius 3 is 1.73 bits per heavy atom. The highest BCUT2D eigenvalue weighted by Crippen LogP contribution is 2.48. The fourth-order valence-electron chi connectivity index (χ4n) is 5.43. The Morgan fingerprint density at radius 1 is 0.622 bits per heavy atom. The number of para-hydroxylation sites is 2. The van der Waals surface area contributed by atoms with Crippen LogP contribution in [0.3, 0.4) is 0 Å². The van der Waals surface area contributed by atoms with Gasteiger partial charge in [0.05, 0.1) is 21.3 Å². The number of fused-ring (bicyclic) bond motifs is 2. The molecule has 188 valence electrons. The maximum Gasteiger partial charge on any atom is 0.193 e. The smallest absolute Gasteiger partial charge is 0.193 e. The van der Waals surface area contributed by atoms with E-state index >= 15 is 0 Å². The summed E-state index contributed by atoms with van der Waals surface area (Å²) >= 11 is 0. The molecule has 0 saturated carbocycles. The number of carbonyl (C=O) groups excluding carboxylic acids is 1. The van der Waals surface area contributed by atoms with Crippen molar-refractivity contribution in [3.8, 4) is 23.0 Å². The maximum absolute atomic E-state index is 13.5. The van der Waals surface area contributed by atoms with E-state index in [1.54, 1.807) is 21.3 Å². The van der Waals surface area contributed by atoms with Crippen molar-refractivity contribution in [2.24, 2.45) is 0 Å². The minimum absolute atomic E-state index is 0.0480. The average Bonchev–Trinajstić information content (AvgIpc) is 2.95. The lowest BCUT2D eigenvalue weighted by Gasteiger charge is -2.37. The van der Waals surface area contributed by atoms with Crippen LogP contribution in [0.1, 0.15) is 51.4 Å². The largest absolute Gasteiger partial charge is 0.493 e. The number of rotatable bonds is 8. The van der Waals surface area contributed by atoms with Crippen LogP contribution in [-0.2, 0) is 0 Å². The Labute approximate surface area is 217 Å². The van der Waals surface area contributed by atoms with Crippen molar-refractivity contribution in [3.63, 3.8) is 0 Å². The molecule has 0 fully saturated rings. The van der Waals surface area contributed by atoms with Crippen molar-refractivity contribution < 1.29 is 23.7 Å². The number of ketones is 1. The molecule has 0 spiro atoms. The highest BCUT2D eigenvalue weighted by Gasteiger charge is 2.39. The molecule has 0 amide bonds. The van der Waals surface area contributed by atoms with E-state index in [2.05, 4.69) is 25.1 Å². The van der Waals surface area contributed by atoms with E-state index in [1.807, 2.05) is 72.8 Å². The summed E-state index contributed by atoms with van der Waals surface area (Å²) in [5.41, 5.74) is 4.44. The first kappa shape index (κ1) is 24.4. The molecule has 4 aromatic rings. The monoisotopic (exact) mass is 494 g/mol. The minimum Gasteiger partial charge on any atom is -0.493 e. The van der Waals surface area contributed by atoms with Gasteiger partial charge in [0.2, 0.25) is 0 Å². The lowest BCUT2D eigenvalue weighted by atomic mass is 9.68. The summed E-state index contributed by atoms with van der Waals surface area (Å²) in [6.45, 7) is 2.06. The molecule has 1 aliphatic carbocycles. The van der Waals surface area contributed by atoms with Crippen molar-refractivity contribution in [3.05, 3.63) is 119 Å². The van der Waals surface area contributed by atoms with Crippen molar-refractivity contribution in [2.45, 2.75) is 24.9 Å². The molecule has 4 aromatic carbocycles. The lowest BCUT2D eigenvalue weighted by molar-refractivity contribution is 0.102. The average molecular weight is 495 g/mol. The number of methoxy groups -OCH3 is 3. The highest BCUT2D eigenvalue weighted by atomic mass is 16.5. The van der Waals surface area contributed by atoms with Gasteiger partial charge in [-0.05, 0) is 47.9 Å². The predicted molar refractivity (Wildman–Crippen MR) is 144 cm³/mol. The van der Waals surface area contributed by atoms with Crippen molar-refractivity contribution >= 4 is 5.78 Å². The molecule has 0 radical (unpaired) electrons. The molecule has 0 bridgehead atoms. The van der Waals surface area contributed by atoms with Gasteiger partial charge in [-0.1, -0.05) is 66.7 Å². The minimum atomic E-state index is -0.297. The molecule has 0 heterocycles. The Morgan fingerprint density at radius 2 is 1.14 bits per heavy atom. The molecule has 5 nitrogen and oxygen atoms in total. The van der Waals surface area contributed by atoms with Crippen LogP contribution in [0.5, 0.6) is 23.0 Å². The van der Waals surface area contributed by atoms with Gasteiger partial charge < -0.3 is 18.9 Å². The quantitative estimate of drug-likeness (QED) is 0.275. The molecular weight excluding hydrogens is 464 g/mol. The summed E-state index contributed by atoms with van der Waals surface area (Å²) in [6, 6.07) is 29.4. The van der Waals surface area contributed by atoms with Crippen LogP contribution in [-0.4, -0.2) is 33.2 Å². The second-order valence-electron chi connectivity index (χ2n) is 9.10. The second-order valence-corrected chi connectivity index (χ2v) is 9.10. The second kappa shape index (κ2) is 10.4. The Balaban J connectivity index is 1.71. The van der Waals surface area contributed by atoms with Gasteiger partial charge in [0.25, 0.3) is 0 Å². The molecular formula is C32H30O5. The van der Waals surface area contributed by atoms with Gasteiger partial charge in [-0.2, -0.15) is 0 Å². The predicted octanol–water partition coefficient (Wildman–Crippen LogP) is 6.64. The molecule has 0 aliphatic heterocycles. The summed E-state index contributed by atoms with van der Waals surface area (Å²) in [5, 5.41) is 0. The zero-order valence-electron chi connectivity index (χ0n) is 21.4. The van der Waals surface area contributed by atoms with E-state index in [9.17, 15) is 4.79 Å². The number of carbonyl (C=O) groups is 1. The van der Waals surface area contributed by atoms with Gasteiger partial charge in [0.1, 0.15) is 6.10 Å². The topological polar surface area (TPSA) is 54.0 Å². The Hall–Kier alpha value is -4.25. The van der Waals surface area contributed by atoms with E-state index in [-0.39, 0.29) is 23.7 Å². The van der Waals surface area contributed by atoms with Crippen LogP contribution in [0, 0.1) is 0 Å². The summed E-state index contributed by atoms with van der Waals surface area (Å²) in [5.74, 6) is 2.38. The van der Waals surface area contributed by atoms with E-state index in [1.165, 1.54) is 0 Å². The number of hydrogen-bond acceptors (Lipinski definition) is 5. The number of ether oxygens (including phenoxy) is 4. The lowest BCUT2D eigenvalue weighted by Crippen LogP contribution is -2.32. The Bertz CT molecular complexity index is 1380. The summed E-state index contributed by atoms with van der Waals surface area (Å²) in [4.78, 5) is 13.5. The van der Waals surface area contributed by atoms with E-state index in [4.69, 9.17) is 18.9 Å². The molecule has 0 aromatic heterocycles. The summed E-state index contributed by atoms with van der Waals surface area (Å²) in [7, 11) is 4.90. The molecule has 2 atom stereocenters. The van der Waals surface area contributed by atoms with Crippen LogP contribution in [0.15, 0.2) is 91.0 Å². The zero-order chi connectivity index (χ0) is 25.9. The number of hydrogen-bond donors (Lipinski definition) is 0. The first-order valence-corrected chi connectivity index (χ1v) is 12.3. The van der Waals surface area contributed by atoms with Crippen LogP contribution in [0.2, 0.25) is 0 Å². The van der Waals surface area contributed by atoms with Gasteiger partial charge in [-0.3, -0.25) is 4.79 Å². The molecule has 5 heteroatoms. The third-order valence-corrected chi connectivity index (χ3v) is 7.12. The molecule has 1 aliphatic rings. The van der Waals surface area contributed by atoms with Gasteiger partial charge >= 0.3 is 0 Å². The zero-order valence-corrected chi connectivity index (χ0v) is 21.4. The highest BCUT2D eigenvalue weighted by molar-refractivity contribution is 6.12. The SMILES string of the molecule is COc1ccc([C@H](C2c3ccccc3C(=O)c3ccccc32)[C@H](C)Oc2ccccc2OC)cc1OC. The molecule has 5 rings (SSSR count). The van der Waals surface area contributed by atoms with Crippen LogP contribution in [0.4, 0.5) is 0 Å². The fraction of sp³-hybridized carbons (Fsp3) is 0.219. The number of benzene rings is 4. The standard InChI is InChI=1S/C32H30O5/c1-20(37-28-16-10-9-15-26(28)34-2)30(21-17-18-27(35-3)29(19-21)36-4)31-22-11-5-7-13-24(22)32(33)25-14-8-6-12-23(25)31/h5-20,30-31H,1-4H3/t20-,30+/m0/s1. The van der Waals surface area contributed by atoms with Crippen LogP contribution in [0.25, 0.3) is 0 Å². The van der Waals surface area contributed by atoms with Gasteiger partial charge in [0, 0.05) is 23.0 Å². The molecule has 37 heavy (non-hydrogen) atoms. The molecule has 0 N–H and O–H groups in total.